The van der Waals surface area contributed by atoms with E-state index in [2.05, 4.69) is 20.8 Å². The van der Waals surface area contributed by atoms with Crippen molar-refractivity contribution >= 4 is 39.8 Å². The second-order valence-electron chi connectivity index (χ2n) is 5.08. The Kier molecular flexibility index (Phi) is 6.82. The number of hydrogen-bond acceptors (Lipinski definition) is 7. The number of methoxy groups -OCH3 is 1. The van der Waals surface area contributed by atoms with E-state index in [9.17, 15) is 4.79 Å². The van der Waals surface area contributed by atoms with Crippen LogP contribution in [0, 0.1) is 6.92 Å². The first-order valence-electron chi connectivity index (χ1n) is 7.15. The van der Waals surface area contributed by atoms with Crippen LogP contribution in [0.25, 0.3) is 0 Å². The van der Waals surface area contributed by atoms with Crippen LogP contribution in [0.15, 0.2) is 28.6 Å². The summed E-state index contributed by atoms with van der Waals surface area (Å²) in [7, 11) is 1.61. The predicted octanol–water partition coefficient (Wildman–Crippen LogP) is 2.83. The molecule has 1 atom stereocenters. The van der Waals surface area contributed by atoms with Crippen LogP contribution < -0.4 is 10.6 Å². The molecule has 0 saturated heterocycles. The van der Waals surface area contributed by atoms with E-state index in [4.69, 9.17) is 4.74 Å². The van der Waals surface area contributed by atoms with Crippen molar-refractivity contribution in [1.29, 1.82) is 0 Å². The lowest BCUT2D eigenvalue weighted by atomic mass is 10.2. The first-order chi connectivity index (χ1) is 11.1. The van der Waals surface area contributed by atoms with Gasteiger partial charge in [0.1, 0.15) is 0 Å². The van der Waals surface area contributed by atoms with E-state index in [0.717, 1.165) is 10.0 Å². The Bertz CT molecular complexity index is 631. The Labute approximate surface area is 144 Å². The van der Waals surface area contributed by atoms with Crippen LogP contribution in [-0.2, 0) is 9.53 Å². The third-order valence-electron chi connectivity index (χ3n) is 2.86. The molecule has 1 heterocycles. The van der Waals surface area contributed by atoms with Crippen LogP contribution in [0.2, 0.25) is 0 Å². The number of amides is 1. The number of aromatic nitrogens is 2. The summed E-state index contributed by atoms with van der Waals surface area (Å²) in [6, 6.07) is 8.05. The molecule has 2 rings (SSSR count). The highest BCUT2D eigenvalue weighted by Gasteiger charge is 2.10. The number of carbonyl (C=O) groups excluding carboxylic acids is 1. The number of carbonyl (C=O) groups is 1. The minimum atomic E-state index is -0.0391. The monoisotopic (exact) mass is 352 g/mol. The Balaban J connectivity index is 1.80. The number of hydrogen-bond donors (Lipinski definition) is 2. The van der Waals surface area contributed by atoms with E-state index >= 15 is 0 Å². The Morgan fingerprint density at radius 3 is 2.78 bits per heavy atom. The van der Waals surface area contributed by atoms with Gasteiger partial charge in [0.2, 0.25) is 11.0 Å². The smallest absolute Gasteiger partial charge is 0.230 e. The number of nitrogens with zero attached hydrogens (tertiary/aromatic N) is 2. The van der Waals surface area contributed by atoms with Gasteiger partial charge in [0.05, 0.1) is 12.4 Å². The second-order valence-corrected chi connectivity index (χ2v) is 7.28. The summed E-state index contributed by atoms with van der Waals surface area (Å²) in [4.78, 5) is 11.8. The average molecular weight is 352 g/mol. The quantitative estimate of drug-likeness (QED) is 0.712. The predicted molar refractivity (Wildman–Crippen MR) is 94.6 cm³/mol. The van der Waals surface area contributed by atoms with Crippen molar-refractivity contribution in [2.24, 2.45) is 0 Å². The molecule has 0 fully saturated rings. The SMILES string of the molecule is COC[C@@H](C)NC(=O)CSc1nnc(Nc2ccc(C)cc2)s1. The lowest BCUT2D eigenvalue weighted by Crippen LogP contribution is -2.36. The molecule has 0 aliphatic rings. The van der Waals surface area contributed by atoms with Gasteiger partial charge < -0.3 is 15.4 Å². The van der Waals surface area contributed by atoms with Crippen molar-refractivity contribution in [2.45, 2.75) is 24.2 Å². The molecule has 2 N–H and O–H groups in total. The number of aryl methyl sites for hydroxylation is 1. The number of anilines is 2. The van der Waals surface area contributed by atoms with Crippen LogP contribution in [0.5, 0.6) is 0 Å². The molecular formula is C15H20N4O2S2. The van der Waals surface area contributed by atoms with E-state index in [0.29, 0.717) is 17.5 Å². The fourth-order valence-electron chi connectivity index (χ4n) is 1.81. The van der Waals surface area contributed by atoms with Gasteiger partial charge in [-0.15, -0.1) is 10.2 Å². The van der Waals surface area contributed by atoms with Crippen molar-refractivity contribution in [2.75, 3.05) is 24.8 Å². The molecule has 0 radical (unpaired) electrons. The van der Waals surface area contributed by atoms with E-state index in [1.54, 1.807) is 7.11 Å². The summed E-state index contributed by atoms with van der Waals surface area (Å²) in [6.07, 6.45) is 0. The third kappa shape index (κ3) is 6.17. The van der Waals surface area contributed by atoms with Crippen molar-refractivity contribution < 1.29 is 9.53 Å². The summed E-state index contributed by atoms with van der Waals surface area (Å²) in [6.45, 7) is 4.45. The zero-order valence-electron chi connectivity index (χ0n) is 13.3. The maximum absolute atomic E-state index is 11.8. The van der Waals surface area contributed by atoms with E-state index in [-0.39, 0.29) is 11.9 Å². The Hall–Kier alpha value is -1.64. The lowest BCUT2D eigenvalue weighted by Gasteiger charge is -2.11. The molecular weight excluding hydrogens is 332 g/mol. The number of benzene rings is 1. The fraction of sp³-hybridized carbons (Fsp3) is 0.400. The molecule has 0 spiro atoms. The number of ether oxygens (including phenoxy) is 1. The topological polar surface area (TPSA) is 76.1 Å². The van der Waals surface area contributed by atoms with Crippen molar-refractivity contribution in [1.82, 2.24) is 15.5 Å². The fourth-order valence-corrected chi connectivity index (χ4v) is 3.40. The molecule has 124 valence electrons. The normalized spacial score (nSPS) is 12.0. The second kappa shape index (κ2) is 8.85. The zero-order valence-corrected chi connectivity index (χ0v) is 15.0. The van der Waals surface area contributed by atoms with Gasteiger partial charge in [0.15, 0.2) is 4.34 Å². The van der Waals surface area contributed by atoms with E-state index in [1.165, 1.54) is 28.7 Å². The maximum Gasteiger partial charge on any atom is 0.230 e. The van der Waals surface area contributed by atoms with E-state index in [1.807, 2.05) is 38.1 Å². The highest BCUT2D eigenvalue weighted by Crippen LogP contribution is 2.27. The van der Waals surface area contributed by atoms with Crippen molar-refractivity contribution in [3.8, 4) is 0 Å². The molecule has 0 aliphatic heterocycles. The Morgan fingerprint density at radius 2 is 2.09 bits per heavy atom. The van der Waals surface area contributed by atoms with Crippen LogP contribution in [0.4, 0.5) is 10.8 Å². The van der Waals surface area contributed by atoms with E-state index < -0.39 is 0 Å². The minimum Gasteiger partial charge on any atom is -0.383 e. The molecule has 1 amide bonds. The van der Waals surface area contributed by atoms with Gasteiger partial charge in [0, 0.05) is 18.8 Å². The summed E-state index contributed by atoms with van der Waals surface area (Å²) in [5.74, 6) is 0.274. The van der Waals surface area contributed by atoms with Gasteiger partial charge in [0.25, 0.3) is 0 Å². The molecule has 6 nitrogen and oxygen atoms in total. The van der Waals surface area contributed by atoms with Gasteiger partial charge in [-0.3, -0.25) is 4.79 Å². The summed E-state index contributed by atoms with van der Waals surface area (Å²) in [5.41, 5.74) is 2.17. The van der Waals surface area contributed by atoms with Gasteiger partial charge in [-0.25, -0.2) is 0 Å². The maximum atomic E-state index is 11.8. The minimum absolute atomic E-state index is 0.00119. The Morgan fingerprint density at radius 1 is 1.35 bits per heavy atom. The molecule has 0 bridgehead atoms. The highest BCUT2D eigenvalue weighted by atomic mass is 32.2. The van der Waals surface area contributed by atoms with Crippen LogP contribution in [0.3, 0.4) is 0 Å². The van der Waals surface area contributed by atoms with Gasteiger partial charge in [-0.2, -0.15) is 0 Å². The average Bonchev–Trinajstić information content (AvgIpc) is 2.95. The first kappa shape index (κ1) is 17.7. The third-order valence-corrected chi connectivity index (χ3v) is 4.83. The van der Waals surface area contributed by atoms with Crippen molar-refractivity contribution in [3.05, 3.63) is 29.8 Å². The molecule has 0 saturated carbocycles. The van der Waals surface area contributed by atoms with Gasteiger partial charge >= 0.3 is 0 Å². The summed E-state index contributed by atoms with van der Waals surface area (Å²) < 4.78 is 5.74. The number of thioether (sulfide) groups is 1. The first-order valence-corrected chi connectivity index (χ1v) is 8.95. The van der Waals surface area contributed by atoms with Crippen LogP contribution in [0.1, 0.15) is 12.5 Å². The molecule has 8 heteroatoms. The lowest BCUT2D eigenvalue weighted by molar-refractivity contribution is -0.119. The van der Waals surface area contributed by atoms with Crippen LogP contribution >= 0.6 is 23.1 Å². The molecule has 0 unspecified atom stereocenters. The molecule has 0 aliphatic carbocycles. The molecule has 2 aromatic rings. The molecule has 1 aromatic heterocycles. The number of rotatable bonds is 8. The standard InChI is InChI=1S/C15H20N4O2S2/c1-10-4-6-12(7-5-10)17-14-18-19-15(23-14)22-9-13(20)16-11(2)8-21-3/h4-7,11H,8-9H2,1-3H3,(H,16,20)(H,17,18)/t11-/m1/s1. The molecule has 1 aromatic carbocycles. The van der Waals surface area contributed by atoms with Gasteiger partial charge in [-0.1, -0.05) is 40.8 Å². The number of nitrogens with one attached hydrogen (secondary N) is 2. The zero-order chi connectivity index (χ0) is 16.7. The highest BCUT2D eigenvalue weighted by molar-refractivity contribution is 8.01. The van der Waals surface area contributed by atoms with Crippen molar-refractivity contribution in [3.63, 3.8) is 0 Å². The van der Waals surface area contributed by atoms with Crippen LogP contribution in [-0.4, -0.2) is 41.6 Å². The summed E-state index contributed by atoms with van der Waals surface area (Å²) >= 11 is 2.80. The summed E-state index contributed by atoms with van der Waals surface area (Å²) in [5, 5.41) is 14.9. The largest absolute Gasteiger partial charge is 0.383 e. The van der Waals surface area contributed by atoms with Gasteiger partial charge in [-0.05, 0) is 26.0 Å². The molecule has 23 heavy (non-hydrogen) atoms.